The number of benzene rings is 3. The Balaban J connectivity index is 1.44. The Bertz CT molecular complexity index is 1260. The van der Waals surface area contributed by atoms with Gasteiger partial charge in [0.1, 0.15) is 11.5 Å². The lowest BCUT2D eigenvalue weighted by Gasteiger charge is -2.30. The number of rotatable bonds is 7. The highest BCUT2D eigenvalue weighted by atomic mass is 32.2. The van der Waals surface area contributed by atoms with Crippen LogP contribution < -0.4 is 19.1 Å². The smallest absolute Gasteiger partial charge is 0.264 e. The number of fused-ring (bicyclic) bond motifs is 1. The van der Waals surface area contributed by atoms with Gasteiger partial charge in [-0.15, -0.1) is 0 Å². The summed E-state index contributed by atoms with van der Waals surface area (Å²) in [6, 6.07) is 19.3. The number of sulfonamides is 1. The zero-order valence-corrected chi connectivity index (χ0v) is 19.4. The van der Waals surface area contributed by atoms with Crippen molar-refractivity contribution in [3.8, 4) is 11.5 Å². The highest BCUT2D eigenvalue weighted by Gasteiger charge is 2.29. The van der Waals surface area contributed by atoms with E-state index in [1.165, 1.54) is 10.4 Å². The number of hydrogen-bond acceptors (Lipinski definition) is 5. The fraction of sp³-hybridized carbons (Fsp3) is 0.240. The summed E-state index contributed by atoms with van der Waals surface area (Å²) >= 11 is 0. The van der Waals surface area contributed by atoms with Crippen molar-refractivity contribution >= 4 is 27.3 Å². The number of hydrogen-bond donors (Lipinski definition) is 1. The summed E-state index contributed by atoms with van der Waals surface area (Å²) in [5.74, 6) is 0.835. The van der Waals surface area contributed by atoms with E-state index in [0.717, 1.165) is 24.1 Å². The maximum absolute atomic E-state index is 13.3. The largest absolute Gasteiger partial charge is 0.497 e. The second-order valence-electron chi connectivity index (χ2n) is 7.80. The number of para-hydroxylation sites is 1. The first-order valence-electron chi connectivity index (χ1n) is 10.7. The SMILES string of the molecule is COc1ccc(NC(=O)COc2ccc(S(=O)(=O)N3CCCc4ccccc43)cc2C)cc1. The molecule has 0 aromatic heterocycles. The second kappa shape index (κ2) is 9.54. The second-order valence-corrected chi connectivity index (χ2v) is 9.66. The summed E-state index contributed by atoms with van der Waals surface area (Å²) < 4.78 is 38.9. The lowest BCUT2D eigenvalue weighted by Crippen LogP contribution is -2.35. The average molecular weight is 467 g/mol. The number of anilines is 2. The van der Waals surface area contributed by atoms with Crippen LogP contribution in [0.15, 0.2) is 71.6 Å². The van der Waals surface area contributed by atoms with Gasteiger partial charge in [-0.25, -0.2) is 8.42 Å². The van der Waals surface area contributed by atoms with E-state index in [2.05, 4.69) is 5.32 Å². The number of carbonyl (C=O) groups is 1. The van der Waals surface area contributed by atoms with Crippen LogP contribution in [0.4, 0.5) is 11.4 Å². The summed E-state index contributed by atoms with van der Waals surface area (Å²) in [7, 11) is -2.13. The van der Waals surface area contributed by atoms with E-state index in [1.54, 1.807) is 50.4 Å². The number of amides is 1. The van der Waals surface area contributed by atoms with Gasteiger partial charge in [-0.1, -0.05) is 18.2 Å². The van der Waals surface area contributed by atoms with Gasteiger partial charge in [-0.3, -0.25) is 9.10 Å². The lowest BCUT2D eigenvalue weighted by atomic mass is 10.0. The number of nitrogens with one attached hydrogen (secondary N) is 1. The molecule has 0 spiro atoms. The number of ether oxygens (including phenoxy) is 2. The van der Waals surface area contributed by atoms with Crippen molar-refractivity contribution < 1.29 is 22.7 Å². The molecule has 0 saturated heterocycles. The van der Waals surface area contributed by atoms with Crippen LogP contribution in [0, 0.1) is 6.92 Å². The molecule has 0 atom stereocenters. The third-order valence-corrected chi connectivity index (χ3v) is 7.34. The third kappa shape index (κ3) is 4.96. The summed E-state index contributed by atoms with van der Waals surface area (Å²) in [5.41, 5.74) is 3.03. The van der Waals surface area contributed by atoms with Crippen LogP contribution in [-0.4, -0.2) is 34.6 Å². The van der Waals surface area contributed by atoms with Gasteiger partial charge in [0.05, 0.1) is 17.7 Å². The van der Waals surface area contributed by atoms with Crippen LogP contribution in [0.5, 0.6) is 11.5 Å². The molecule has 172 valence electrons. The molecular weight excluding hydrogens is 440 g/mol. The predicted octanol–water partition coefficient (Wildman–Crippen LogP) is 4.16. The molecule has 0 aliphatic carbocycles. The maximum Gasteiger partial charge on any atom is 0.264 e. The minimum absolute atomic E-state index is 0.196. The summed E-state index contributed by atoms with van der Waals surface area (Å²) in [4.78, 5) is 12.4. The van der Waals surface area contributed by atoms with E-state index < -0.39 is 10.0 Å². The zero-order chi connectivity index (χ0) is 23.4. The van der Waals surface area contributed by atoms with Crippen molar-refractivity contribution in [3.63, 3.8) is 0 Å². The van der Waals surface area contributed by atoms with Gasteiger partial charge in [-0.2, -0.15) is 0 Å². The summed E-state index contributed by atoms with van der Waals surface area (Å²) in [5, 5.41) is 2.75. The molecule has 3 aromatic rings. The van der Waals surface area contributed by atoms with E-state index in [1.807, 2.05) is 24.3 Å². The standard InChI is InChI=1S/C25H26N2O5S/c1-18-16-22(33(29,30)27-15-5-7-19-6-3-4-8-23(19)27)13-14-24(18)32-17-25(28)26-20-9-11-21(31-2)12-10-20/h3-4,6,8-14,16H,5,7,15,17H2,1-2H3,(H,26,28). The van der Waals surface area contributed by atoms with E-state index in [-0.39, 0.29) is 17.4 Å². The monoisotopic (exact) mass is 466 g/mol. The summed E-state index contributed by atoms with van der Waals surface area (Å²) in [6.07, 6.45) is 1.65. The number of methoxy groups -OCH3 is 1. The number of carbonyl (C=O) groups excluding carboxylic acids is 1. The molecule has 1 N–H and O–H groups in total. The third-order valence-electron chi connectivity index (χ3n) is 5.53. The molecule has 1 aliphatic rings. The fourth-order valence-electron chi connectivity index (χ4n) is 3.84. The van der Waals surface area contributed by atoms with Crippen molar-refractivity contribution in [1.29, 1.82) is 0 Å². The van der Waals surface area contributed by atoms with Crippen LogP contribution in [-0.2, 0) is 21.2 Å². The van der Waals surface area contributed by atoms with Crippen molar-refractivity contribution in [2.45, 2.75) is 24.7 Å². The topological polar surface area (TPSA) is 84.9 Å². The molecule has 0 fully saturated rings. The quantitative estimate of drug-likeness (QED) is 0.565. The molecule has 1 heterocycles. The van der Waals surface area contributed by atoms with Crippen molar-refractivity contribution in [3.05, 3.63) is 77.9 Å². The molecule has 0 radical (unpaired) electrons. The first-order chi connectivity index (χ1) is 15.9. The van der Waals surface area contributed by atoms with Crippen molar-refractivity contribution in [1.82, 2.24) is 0 Å². The van der Waals surface area contributed by atoms with E-state index in [9.17, 15) is 13.2 Å². The molecule has 4 rings (SSSR count). The molecule has 1 amide bonds. The lowest BCUT2D eigenvalue weighted by molar-refractivity contribution is -0.118. The number of aryl methyl sites for hydroxylation is 2. The Kier molecular flexibility index (Phi) is 6.55. The molecule has 33 heavy (non-hydrogen) atoms. The van der Waals surface area contributed by atoms with E-state index in [4.69, 9.17) is 9.47 Å². The first kappa shape index (κ1) is 22.7. The van der Waals surface area contributed by atoms with Gasteiger partial charge in [0.25, 0.3) is 15.9 Å². The molecule has 0 saturated carbocycles. The first-order valence-corrected chi connectivity index (χ1v) is 12.1. The minimum atomic E-state index is -3.70. The molecule has 7 nitrogen and oxygen atoms in total. The van der Waals surface area contributed by atoms with Crippen LogP contribution >= 0.6 is 0 Å². The van der Waals surface area contributed by atoms with Gasteiger partial charge >= 0.3 is 0 Å². The minimum Gasteiger partial charge on any atom is -0.497 e. The summed E-state index contributed by atoms with van der Waals surface area (Å²) in [6.45, 7) is 2.01. The van der Waals surface area contributed by atoms with Crippen LogP contribution in [0.25, 0.3) is 0 Å². The molecule has 3 aromatic carbocycles. The van der Waals surface area contributed by atoms with Crippen LogP contribution in [0.2, 0.25) is 0 Å². The van der Waals surface area contributed by atoms with Crippen molar-refractivity contribution in [2.24, 2.45) is 0 Å². The van der Waals surface area contributed by atoms with Gasteiger partial charge in [-0.05, 0) is 79.4 Å². The highest BCUT2D eigenvalue weighted by Crippen LogP contribution is 2.33. The molecule has 8 heteroatoms. The van der Waals surface area contributed by atoms with Gasteiger partial charge in [0.2, 0.25) is 0 Å². The molecule has 0 bridgehead atoms. The number of nitrogens with zero attached hydrogens (tertiary/aromatic N) is 1. The Morgan fingerprint density at radius 3 is 2.55 bits per heavy atom. The fourth-order valence-corrected chi connectivity index (χ4v) is 5.46. The Morgan fingerprint density at radius 1 is 1.06 bits per heavy atom. The molecule has 1 aliphatic heterocycles. The normalized spacial score (nSPS) is 13.2. The van der Waals surface area contributed by atoms with Crippen molar-refractivity contribution in [2.75, 3.05) is 29.9 Å². The Labute approximate surface area is 194 Å². The van der Waals surface area contributed by atoms with Gasteiger partial charge < -0.3 is 14.8 Å². The van der Waals surface area contributed by atoms with E-state index >= 15 is 0 Å². The Hall–Kier alpha value is -3.52. The van der Waals surface area contributed by atoms with Gasteiger partial charge in [0, 0.05) is 12.2 Å². The molecule has 0 unspecified atom stereocenters. The van der Waals surface area contributed by atoms with Crippen LogP contribution in [0.1, 0.15) is 17.5 Å². The maximum atomic E-state index is 13.3. The van der Waals surface area contributed by atoms with Crippen LogP contribution in [0.3, 0.4) is 0 Å². The molecular formula is C25H26N2O5S. The zero-order valence-electron chi connectivity index (χ0n) is 18.6. The predicted molar refractivity (Wildman–Crippen MR) is 128 cm³/mol. The van der Waals surface area contributed by atoms with E-state index in [0.29, 0.717) is 29.3 Å². The van der Waals surface area contributed by atoms with Gasteiger partial charge in [0.15, 0.2) is 6.61 Å². The average Bonchev–Trinajstić information content (AvgIpc) is 2.83. The Morgan fingerprint density at radius 2 is 1.82 bits per heavy atom. The highest BCUT2D eigenvalue weighted by molar-refractivity contribution is 7.92.